The van der Waals surface area contributed by atoms with Crippen molar-refractivity contribution >= 4 is 43.7 Å². The van der Waals surface area contributed by atoms with E-state index in [1.807, 2.05) is 48.5 Å². The van der Waals surface area contributed by atoms with Gasteiger partial charge in [-0.1, -0.05) is 34.1 Å². The molecule has 0 fully saturated rings. The van der Waals surface area contributed by atoms with E-state index in [1.54, 1.807) is 0 Å². The first-order valence-corrected chi connectivity index (χ1v) is 7.90. The average molecular weight is 370 g/mol. The van der Waals surface area contributed by atoms with Gasteiger partial charge in [-0.3, -0.25) is 4.79 Å². The van der Waals surface area contributed by atoms with Crippen molar-refractivity contribution in [1.29, 1.82) is 0 Å². The number of benzene rings is 2. The third-order valence-corrected chi connectivity index (χ3v) is 4.06. The van der Waals surface area contributed by atoms with Gasteiger partial charge in [0.25, 0.3) is 5.56 Å². The Bertz CT molecular complexity index is 1050. The minimum Gasteiger partial charge on any atom is -0.449 e. The standard InChI is InChI=1S/C17H12BrN3O2/c18-10-6-7-13-12(8-10)15-16(23-13)17(22)21-14(20-15)9-19-11-4-2-1-3-5-11/h1-8,19H,9H2,(H,20,21,22). The van der Waals surface area contributed by atoms with Gasteiger partial charge < -0.3 is 14.7 Å². The molecule has 2 N–H and O–H groups in total. The lowest BCUT2D eigenvalue weighted by atomic mass is 10.2. The van der Waals surface area contributed by atoms with E-state index >= 15 is 0 Å². The van der Waals surface area contributed by atoms with Crippen LogP contribution >= 0.6 is 15.9 Å². The Morgan fingerprint density at radius 2 is 2.00 bits per heavy atom. The number of fused-ring (bicyclic) bond motifs is 3. The van der Waals surface area contributed by atoms with E-state index in [-0.39, 0.29) is 11.1 Å². The fraction of sp³-hybridized carbons (Fsp3) is 0.0588. The van der Waals surface area contributed by atoms with E-state index in [4.69, 9.17) is 4.42 Å². The molecule has 0 spiro atoms. The van der Waals surface area contributed by atoms with E-state index in [1.165, 1.54) is 0 Å². The highest BCUT2D eigenvalue weighted by molar-refractivity contribution is 9.10. The van der Waals surface area contributed by atoms with Crippen LogP contribution in [0.15, 0.2) is 62.2 Å². The zero-order valence-electron chi connectivity index (χ0n) is 12.0. The molecule has 0 saturated heterocycles. The molecule has 0 aliphatic heterocycles. The Kier molecular flexibility index (Phi) is 3.38. The smallest absolute Gasteiger partial charge is 0.294 e. The number of aromatic nitrogens is 2. The van der Waals surface area contributed by atoms with Crippen molar-refractivity contribution < 1.29 is 4.42 Å². The van der Waals surface area contributed by atoms with Gasteiger partial charge in [0.1, 0.15) is 16.9 Å². The molecule has 2 aromatic carbocycles. The van der Waals surface area contributed by atoms with Crippen molar-refractivity contribution in [2.45, 2.75) is 6.54 Å². The maximum atomic E-state index is 12.2. The van der Waals surface area contributed by atoms with Crippen molar-refractivity contribution in [3.63, 3.8) is 0 Å². The summed E-state index contributed by atoms with van der Waals surface area (Å²) in [6, 6.07) is 15.4. The van der Waals surface area contributed by atoms with Gasteiger partial charge in [-0.15, -0.1) is 0 Å². The molecule has 23 heavy (non-hydrogen) atoms. The highest BCUT2D eigenvalue weighted by Crippen LogP contribution is 2.27. The molecule has 114 valence electrons. The first kappa shape index (κ1) is 14.0. The highest BCUT2D eigenvalue weighted by Gasteiger charge is 2.13. The Labute approximate surface area is 139 Å². The molecule has 0 atom stereocenters. The third-order valence-electron chi connectivity index (χ3n) is 3.57. The summed E-state index contributed by atoms with van der Waals surface area (Å²) >= 11 is 3.43. The predicted molar refractivity (Wildman–Crippen MR) is 93.6 cm³/mol. The summed E-state index contributed by atoms with van der Waals surface area (Å²) in [6.45, 7) is 0.426. The molecule has 0 radical (unpaired) electrons. The molecule has 5 nitrogen and oxygen atoms in total. The van der Waals surface area contributed by atoms with E-state index in [0.29, 0.717) is 23.5 Å². The van der Waals surface area contributed by atoms with E-state index in [2.05, 4.69) is 31.2 Å². The number of furan rings is 1. The van der Waals surface area contributed by atoms with Crippen LogP contribution in [0.5, 0.6) is 0 Å². The molecule has 0 unspecified atom stereocenters. The maximum Gasteiger partial charge on any atom is 0.294 e. The van der Waals surface area contributed by atoms with Crippen LogP contribution < -0.4 is 10.9 Å². The maximum absolute atomic E-state index is 12.2. The minimum atomic E-state index is -0.271. The largest absolute Gasteiger partial charge is 0.449 e. The Balaban J connectivity index is 1.77. The summed E-state index contributed by atoms with van der Waals surface area (Å²) in [5, 5.41) is 4.05. The zero-order chi connectivity index (χ0) is 15.8. The quantitative estimate of drug-likeness (QED) is 0.571. The van der Waals surface area contributed by atoms with Gasteiger partial charge in [0.2, 0.25) is 5.58 Å². The topological polar surface area (TPSA) is 70.9 Å². The first-order chi connectivity index (χ1) is 11.2. The molecule has 4 aromatic rings. The van der Waals surface area contributed by atoms with E-state index in [0.717, 1.165) is 15.5 Å². The van der Waals surface area contributed by atoms with Crippen LogP contribution in [0.25, 0.3) is 22.1 Å². The lowest BCUT2D eigenvalue weighted by Gasteiger charge is -2.05. The second-order valence-corrected chi connectivity index (χ2v) is 6.07. The van der Waals surface area contributed by atoms with Gasteiger partial charge in [0, 0.05) is 15.5 Å². The minimum absolute atomic E-state index is 0.251. The number of H-pyrrole nitrogens is 1. The van der Waals surface area contributed by atoms with Crippen molar-refractivity contribution in [1.82, 2.24) is 9.97 Å². The van der Waals surface area contributed by atoms with Crippen molar-refractivity contribution in [2.24, 2.45) is 0 Å². The van der Waals surface area contributed by atoms with Crippen molar-refractivity contribution in [2.75, 3.05) is 5.32 Å². The zero-order valence-corrected chi connectivity index (χ0v) is 13.6. The Morgan fingerprint density at radius 3 is 2.83 bits per heavy atom. The SMILES string of the molecule is O=c1[nH]c(CNc2ccccc2)nc2c1oc1ccc(Br)cc12. The molecular formula is C17H12BrN3O2. The highest BCUT2D eigenvalue weighted by atomic mass is 79.9. The number of rotatable bonds is 3. The fourth-order valence-electron chi connectivity index (χ4n) is 2.50. The number of anilines is 1. The molecule has 2 aromatic heterocycles. The lowest BCUT2D eigenvalue weighted by Crippen LogP contribution is -2.13. The van der Waals surface area contributed by atoms with Crippen LogP contribution in [-0.4, -0.2) is 9.97 Å². The third kappa shape index (κ3) is 2.61. The van der Waals surface area contributed by atoms with Gasteiger partial charge in [-0.25, -0.2) is 4.98 Å². The van der Waals surface area contributed by atoms with Crippen molar-refractivity contribution in [3.8, 4) is 0 Å². The van der Waals surface area contributed by atoms with Crippen LogP contribution in [0.3, 0.4) is 0 Å². The van der Waals surface area contributed by atoms with Crippen molar-refractivity contribution in [3.05, 3.63) is 69.2 Å². The van der Waals surface area contributed by atoms with Crippen LogP contribution in [-0.2, 0) is 6.54 Å². The molecule has 2 heterocycles. The van der Waals surface area contributed by atoms with Gasteiger partial charge in [0.15, 0.2) is 0 Å². The van der Waals surface area contributed by atoms with Crippen LogP contribution in [0.2, 0.25) is 0 Å². The van der Waals surface area contributed by atoms with Gasteiger partial charge >= 0.3 is 0 Å². The van der Waals surface area contributed by atoms with Crippen LogP contribution in [0.1, 0.15) is 5.82 Å². The number of halogens is 1. The predicted octanol–water partition coefficient (Wildman–Crippen LogP) is 4.04. The number of hydrogen-bond acceptors (Lipinski definition) is 4. The molecular weight excluding hydrogens is 358 g/mol. The van der Waals surface area contributed by atoms with Gasteiger partial charge in [-0.05, 0) is 30.3 Å². The Hall–Kier alpha value is -2.60. The summed E-state index contributed by atoms with van der Waals surface area (Å²) in [5.74, 6) is 0.564. The molecule has 0 saturated carbocycles. The van der Waals surface area contributed by atoms with Crippen LogP contribution in [0, 0.1) is 0 Å². The second-order valence-electron chi connectivity index (χ2n) is 5.15. The first-order valence-electron chi connectivity index (χ1n) is 7.10. The number of para-hydroxylation sites is 1. The average Bonchev–Trinajstić information content (AvgIpc) is 2.93. The summed E-state index contributed by atoms with van der Waals surface area (Å²) in [5.41, 5.74) is 2.17. The summed E-state index contributed by atoms with van der Waals surface area (Å²) < 4.78 is 6.52. The number of nitrogens with one attached hydrogen (secondary N) is 2. The number of nitrogens with zero attached hydrogens (tertiary/aromatic N) is 1. The van der Waals surface area contributed by atoms with E-state index < -0.39 is 0 Å². The summed E-state index contributed by atoms with van der Waals surface area (Å²) in [7, 11) is 0. The van der Waals surface area contributed by atoms with Gasteiger partial charge in [0.05, 0.1) is 6.54 Å². The second kappa shape index (κ2) is 5.55. The lowest BCUT2D eigenvalue weighted by molar-refractivity contribution is 0.659. The normalized spacial score (nSPS) is 11.2. The Morgan fingerprint density at radius 1 is 1.17 bits per heavy atom. The van der Waals surface area contributed by atoms with Gasteiger partial charge in [-0.2, -0.15) is 0 Å². The number of hydrogen-bond donors (Lipinski definition) is 2. The molecule has 0 aliphatic rings. The van der Waals surface area contributed by atoms with Crippen LogP contribution in [0.4, 0.5) is 5.69 Å². The molecule has 6 heteroatoms. The van der Waals surface area contributed by atoms with E-state index in [9.17, 15) is 4.79 Å². The summed E-state index contributed by atoms with van der Waals surface area (Å²) in [6.07, 6.45) is 0. The molecule has 0 aliphatic carbocycles. The molecule has 0 bridgehead atoms. The fourth-order valence-corrected chi connectivity index (χ4v) is 2.86. The molecule has 4 rings (SSSR count). The monoisotopic (exact) mass is 369 g/mol. The molecule has 0 amide bonds. The number of aromatic amines is 1. The summed E-state index contributed by atoms with van der Waals surface area (Å²) in [4.78, 5) is 19.5.